The minimum atomic E-state index is -3.27. The summed E-state index contributed by atoms with van der Waals surface area (Å²) >= 11 is 42.9. The molecule has 18 heavy (non-hydrogen) atoms. The molecule has 0 aliphatic heterocycles. The smallest absolute Gasteiger partial charge is 0.147 e. The monoisotopic (exact) mass is 434 g/mol. The van der Waals surface area contributed by atoms with Gasteiger partial charge in [0.15, 0.2) is 0 Å². The molecule has 0 atom stereocenters. The van der Waals surface area contributed by atoms with Crippen molar-refractivity contribution in [2.45, 2.75) is 12.5 Å². The molecule has 0 aromatic heterocycles. The second kappa shape index (κ2) is 6.77. The molecule has 0 nitrogen and oxygen atoms in total. The lowest BCUT2D eigenvalue weighted by molar-refractivity contribution is 1.12. The van der Waals surface area contributed by atoms with E-state index < -0.39 is 17.5 Å². The first-order chi connectivity index (χ1) is 8.08. The van der Waals surface area contributed by atoms with Gasteiger partial charge in [0.25, 0.3) is 6.21 Å². The molecule has 102 valence electrons. The van der Waals surface area contributed by atoms with Crippen LogP contribution in [0.2, 0.25) is 6.04 Å². The number of hydrogen-bond donors (Lipinski definition) is 0. The van der Waals surface area contributed by atoms with Gasteiger partial charge in [-0.2, -0.15) is 0 Å². The molecule has 1 rings (SSSR count). The molecule has 1 aromatic rings. The van der Waals surface area contributed by atoms with Gasteiger partial charge in [0, 0.05) is 0 Å². The van der Waals surface area contributed by atoms with Gasteiger partial charge in [-0.05, 0) is 18.0 Å². The molecule has 0 aliphatic carbocycles. The second-order valence-electron chi connectivity index (χ2n) is 3.76. The lowest BCUT2D eigenvalue weighted by Crippen LogP contribution is -2.60. The van der Waals surface area contributed by atoms with E-state index >= 15 is 0 Å². The molecule has 0 unspecified atom stereocenters. The average molecular weight is 438 g/mol. The molecule has 1 aromatic carbocycles. The molecular weight excluding hydrogens is 429 g/mol. The summed E-state index contributed by atoms with van der Waals surface area (Å²) in [6.07, 6.45) is -2.29. The maximum Gasteiger partial charge on any atom is 0.358 e. The SMILES string of the molecule is Cl[Si](Cl)(Cl)[Si](Cl)(Cl)[Si](Cl)(Cl)CCc1ccccc1. The summed E-state index contributed by atoms with van der Waals surface area (Å²) in [4.78, 5) is 0. The Morgan fingerprint density at radius 1 is 0.778 bits per heavy atom. The Balaban J connectivity index is 2.77. The van der Waals surface area contributed by atoms with Gasteiger partial charge in [-0.1, -0.05) is 30.3 Å². The molecule has 0 saturated heterocycles. The van der Waals surface area contributed by atoms with Gasteiger partial charge >= 0.3 is 11.2 Å². The number of rotatable bonds is 5. The van der Waals surface area contributed by atoms with Crippen LogP contribution in [-0.4, -0.2) is 17.5 Å². The molecule has 0 N–H and O–H groups in total. The van der Waals surface area contributed by atoms with Crippen LogP contribution >= 0.6 is 77.6 Å². The van der Waals surface area contributed by atoms with Crippen LogP contribution < -0.4 is 0 Å². The predicted molar refractivity (Wildman–Crippen MR) is 93.2 cm³/mol. The summed E-state index contributed by atoms with van der Waals surface area (Å²) in [6, 6.07) is 10.3. The van der Waals surface area contributed by atoms with Crippen LogP contribution in [0, 0.1) is 0 Å². The molecule has 0 amide bonds. The third-order valence-electron chi connectivity index (χ3n) is 2.39. The van der Waals surface area contributed by atoms with Crippen molar-refractivity contribution in [2.24, 2.45) is 0 Å². The Morgan fingerprint density at radius 2 is 1.28 bits per heavy atom. The Hall–Kier alpha value is 1.90. The molecule has 0 fully saturated rings. The number of aryl methyl sites for hydroxylation is 1. The molecule has 0 bridgehead atoms. The van der Waals surface area contributed by atoms with Crippen LogP contribution in [-0.2, 0) is 6.42 Å². The summed E-state index contributed by atoms with van der Waals surface area (Å²) in [5, 5.41) is 0. The van der Waals surface area contributed by atoms with Crippen LogP contribution in [0.4, 0.5) is 0 Å². The standard InChI is InChI=1S/C8H9Cl7Si3/c9-16(10,18(14,15)17(11,12)13)7-6-8-4-2-1-3-5-8/h1-5H,6-7H2. The molecule has 0 spiro atoms. The van der Waals surface area contributed by atoms with Crippen molar-refractivity contribution >= 4 is 95.0 Å². The lowest BCUT2D eigenvalue weighted by Gasteiger charge is -2.31. The van der Waals surface area contributed by atoms with Crippen molar-refractivity contribution in [3.63, 3.8) is 0 Å². The summed E-state index contributed by atoms with van der Waals surface area (Å²) < 4.78 is 0. The van der Waals surface area contributed by atoms with Crippen LogP contribution in [0.1, 0.15) is 5.56 Å². The van der Waals surface area contributed by atoms with E-state index in [1.807, 2.05) is 30.3 Å². The van der Waals surface area contributed by atoms with Crippen molar-refractivity contribution < 1.29 is 0 Å². The molecule has 0 aliphatic rings. The van der Waals surface area contributed by atoms with E-state index in [0.29, 0.717) is 12.5 Å². The first-order valence-corrected chi connectivity index (χ1v) is 20.2. The van der Waals surface area contributed by atoms with Gasteiger partial charge < -0.3 is 0 Å². The van der Waals surface area contributed by atoms with E-state index in [0.717, 1.165) is 5.56 Å². The Kier molecular flexibility index (Phi) is 6.76. The lowest BCUT2D eigenvalue weighted by atomic mass is 10.2. The highest BCUT2D eigenvalue weighted by molar-refractivity contribution is 8.20. The van der Waals surface area contributed by atoms with Gasteiger partial charge in [-0.25, -0.2) is 0 Å². The normalized spacial score (nSPS) is 13.7. The van der Waals surface area contributed by atoms with E-state index in [1.165, 1.54) is 0 Å². The average Bonchev–Trinajstić information content (AvgIpc) is 2.26. The highest BCUT2D eigenvalue weighted by Crippen LogP contribution is 2.48. The minimum absolute atomic E-state index is 0.486. The van der Waals surface area contributed by atoms with Gasteiger partial charge in [0.05, 0.1) is 0 Å². The van der Waals surface area contributed by atoms with E-state index in [-0.39, 0.29) is 0 Å². The van der Waals surface area contributed by atoms with Crippen LogP contribution in [0.15, 0.2) is 30.3 Å². The van der Waals surface area contributed by atoms with Crippen LogP contribution in [0.3, 0.4) is 0 Å². The minimum Gasteiger partial charge on any atom is -0.147 e. The van der Waals surface area contributed by atoms with Gasteiger partial charge in [-0.15, -0.1) is 77.6 Å². The third kappa shape index (κ3) is 4.45. The van der Waals surface area contributed by atoms with E-state index in [9.17, 15) is 0 Å². The molecule has 0 heterocycles. The van der Waals surface area contributed by atoms with E-state index in [2.05, 4.69) is 0 Å². The highest BCUT2D eigenvalue weighted by Gasteiger charge is 2.67. The van der Waals surface area contributed by atoms with Crippen LogP contribution in [0.25, 0.3) is 0 Å². The van der Waals surface area contributed by atoms with Gasteiger partial charge in [-0.3, -0.25) is 0 Å². The Labute approximate surface area is 142 Å². The van der Waals surface area contributed by atoms with Crippen molar-refractivity contribution in [3.8, 4) is 0 Å². The van der Waals surface area contributed by atoms with Gasteiger partial charge in [0.1, 0.15) is 0 Å². The summed E-state index contributed by atoms with van der Waals surface area (Å²) in [5.41, 5.74) is -5.40. The maximum absolute atomic E-state index is 6.35. The van der Waals surface area contributed by atoms with Gasteiger partial charge in [0.2, 0.25) is 0 Å². The fraction of sp³-hybridized carbons (Fsp3) is 0.250. The Morgan fingerprint density at radius 3 is 1.72 bits per heavy atom. The zero-order valence-corrected chi connectivity index (χ0v) is 17.2. The summed E-state index contributed by atoms with van der Waals surface area (Å²) in [7, 11) is 0. The fourth-order valence-corrected chi connectivity index (χ4v) is 40.9. The Bertz CT molecular complexity index is 389. The second-order valence-corrected chi connectivity index (χ2v) is 42.5. The number of halogens is 7. The quantitative estimate of drug-likeness (QED) is 0.399. The maximum atomic E-state index is 6.35. The third-order valence-corrected chi connectivity index (χ3v) is 58.4. The largest absolute Gasteiger partial charge is 0.358 e. The first kappa shape index (κ1) is 18.0. The fourth-order valence-electron chi connectivity index (χ4n) is 1.31. The highest BCUT2D eigenvalue weighted by atomic mass is 35.9. The molecule has 0 saturated carbocycles. The van der Waals surface area contributed by atoms with Crippen molar-refractivity contribution in [1.82, 2.24) is 0 Å². The summed E-state index contributed by atoms with van der Waals surface area (Å²) in [6.45, 7) is 0. The van der Waals surface area contributed by atoms with Crippen LogP contribution in [0.5, 0.6) is 0 Å². The van der Waals surface area contributed by atoms with Crippen molar-refractivity contribution in [3.05, 3.63) is 35.9 Å². The van der Waals surface area contributed by atoms with Crippen molar-refractivity contribution in [1.29, 1.82) is 0 Å². The topological polar surface area (TPSA) is 0 Å². The number of benzene rings is 1. The molecule has 0 radical (unpaired) electrons. The number of hydrogen-bond acceptors (Lipinski definition) is 0. The molecular formula is C8H9Cl7Si3. The first-order valence-electron chi connectivity index (χ1n) is 4.94. The summed E-state index contributed by atoms with van der Waals surface area (Å²) in [5.74, 6) is 0. The zero-order valence-electron chi connectivity index (χ0n) is 8.95. The predicted octanol–water partition coefficient (Wildman–Crippen LogP) is 5.88. The van der Waals surface area contributed by atoms with E-state index in [4.69, 9.17) is 77.6 Å². The zero-order chi connectivity index (χ0) is 14.0. The van der Waals surface area contributed by atoms with E-state index in [1.54, 1.807) is 0 Å². The molecule has 10 heteroatoms. The van der Waals surface area contributed by atoms with Crippen molar-refractivity contribution in [2.75, 3.05) is 0 Å².